The van der Waals surface area contributed by atoms with Gasteiger partial charge in [0.05, 0.1) is 17.4 Å². The normalized spacial score (nSPS) is 16.8. The summed E-state index contributed by atoms with van der Waals surface area (Å²) in [7, 11) is -2.72. The first-order chi connectivity index (χ1) is 13.6. The predicted molar refractivity (Wildman–Crippen MR) is 111 cm³/mol. The van der Waals surface area contributed by atoms with Crippen molar-refractivity contribution in [1.29, 1.82) is 0 Å². The van der Waals surface area contributed by atoms with Crippen molar-refractivity contribution >= 4 is 49.1 Å². The molecule has 1 unspecified atom stereocenters. The maximum absolute atomic E-state index is 12.8. The van der Waals surface area contributed by atoms with Gasteiger partial charge in [0.1, 0.15) is 10.6 Å². The molecular formula is C18H18BrClN2O6S. The second-order valence-corrected chi connectivity index (χ2v) is 9.47. The van der Waals surface area contributed by atoms with Gasteiger partial charge in [0.2, 0.25) is 0 Å². The van der Waals surface area contributed by atoms with Crippen molar-refractivity contribution < 1.29 is 28.2 Å². The number of benzene rings is 2. The fourth-order valence-electron chi connectivity index (χ4n) is 3.02. The van der Waals surface area contributed by atoms with Crippen molar-refractivity contribution in [2.45, 2.75) is 17.4 Å². The van der Waals surface area contributed by atoms with Crippen LogP contribution >= 0.6 is 27.5 Å². The van der Waals surface area contributed by atoms with Crippen molar-refractivity contribution in [3.63, 3.8) is 0 Å². The first-order valence-electron chi connectivity index (χ1n) is 8.48. The largest absolute Gasteiger partial charge is 0.507 e. The lowest BCUT2D eigenvalue weighted by Crippen LogP contribution is -2.30. The molecule has 1 atom stereocenters. The molecule has 29 heavy (non-hydrogen) atoms. The highest BCUT2D eigenvalue weighted by molar-refractivity contribution is 9.10. The molecule has 2 aromatic rings. The number of aromatic hydroxyl groups is 2. The predicted octanol–water partition coefficient (Wildman–Crippen LogP) is 3.18. The molecule has 0 aliphatic carbocycles. The second kappa shape index (κ2) is 8.39. The summed E-state index contributed by atoms with van der Waals surface area (Å²) in [4.78, 5) is 13.9. The van der Waals surface area contributed by atoms with Crippen molar-refractivity contribution in [3.8, 4) is 11.5 Å². The Kier molecular flexibility index (Phi) is 6.27. The second-order valence-electron chi connectivity index (χ2n) is 6.46. The lowest BCUT2D eigenvalue weighted by molar-refractivity contribution is 0.0721. The fraction of sp³-hybridized carbons (Fsp3) is 0.278. The van der Waals surface area contributed by atoms with E-state index in [-0.39, 0.29) is 22.4 Å². The van der Waals surface area contributed by atoms with Crippen molar-refractivity contribution in [1.82, 2.24) is 4.90 Å². The van der Waals surface area contributed by atoms with E-state index in [4.69, 9.17) is 16.3 Å². The Bertz CT molecular complexity index is 1060. The summed E-state index contributed by atoms with van der Waals surface area (Å²) >= 11 is 9.21. The number of hydrogen-bond donors (Lipinski definition) is 3. The Hall–Kier alpha value is -2.01. The molecule has 2 aromatic carbocycles. The highest BCUT2D eigenvalue weighted by atomic mass is 79.9. The lowest BCUT2D eigenvalue weighted by atomic mass is 10.1. The van der Waals surface area contributed by atoms with E-state index in [9.17, 15) is 23.4 Å². The van der Waals surface area contributed by atoms with Gasteiger partial charge in [-0.2, -0.15) is 0 Å². The average molecular weight is 506 g/mol. The number of nitrogens with one attached hydrogen (secondary N) is 1. The lowest BCUT2D eigenvalue weighted by Gasteiger charge is -2.19. The number of methoxy groups -OCH3 is 1. The van der Waals surface area contributed by atoms with Crippen LogP contribution in [-0.2, 0) is 14.8 Å². The molecule has 8 nitrogen and oxygen atoms in total. The minimum Gasteiger partial charge on any atom is -0.507 e. The average Bonchev–Trinajstić information content (AvgIpc) is 3.14. The molecule has 1 heterocycles. The fourth-order valence-corrected chi connectivity index (χ4v) is 4.93. The number of phenols is 2. The Balaban J connectivity index is 1.95. The van der Waals surface area contributed by atoms with Crippen molar-refractivity contribution in [3.05, 3.63) is 45.4 Å². The van der Waals surface area contributed by atoms with Crippen molar-refractivity contribution in [2.75, 3.05) is 24.9 Å². The molecule has 11 heteroatoms. The number of carbonyl (C=O) groups is 1. The third kappa shape index (κ3) is 4.61. The molecule has 0 aromatic heterocycles. The minimum atomic E-state index is -4.27. The molecule has 0 radical (unpaired) electrons. The van der Waals surface area contributed by atoms with Crippen LogP contribution in [0.3, 0.4) is 0 Å². The van der Waals surface area contributed by atoms with Gasteiger partial charge in [0, 0.05) is 29.7 Å². The number of likely N-dealkylation sites (tertiary alicyclic amines) is 1. The first-order valence-corrected chi connectivity index (χ1v) is 11.1. The van der Waals surface area contributed by atoms with Crippen LogP contribution in [0.4, 0.5) is 5.69 Å². The standard InChI is InChI=1S/C18H18BrClN2O6S/c1-28-12-4-5-22(9-12)18(25)13-7-11(20)8-14(17(13)24)21-29(26,27)16-6-10(19)2-3-15(16)23/h2-3,6-8,12,21,23-24H,4-5,9H2,1H3. The molecular weight excluding hydrogens is 488 g/mol. The van der Waals surface area contributed by atoms with Gasteiger partial charge >= 0.3 is 0 Å². The van der Waals surface area contributed by atoms with Gasteiger partial charge in [-0.15, -0.1) is 0 Å². The molecule has 1 aliphatic rings. The van der Waals surface area contributed by atoms with E-state index in [1.807, 2.05) is 0 Å². The smallest absolute Gasteiger partial charge is 0.265 e. The van der Waals surface area contributed by atoms with E-state index >= 15 is 0 Å². The Morgan fingerprint density at radius 2 is 2.03 bits per heavy atom. The number of carbonyl (C=O) groups excluding carboxylic acids is 1. The highest BCUT2D eigenvalue weighted by Crippen LogP contribution is 2.36. The molecule has 0 saturated carbocycles. The molecule has 1 amide bonds. The zero-order valence-electron chi connectivity index (χ0n) is 15.2. The van der Waals surface area contributed by atoms with Gasteiger partial charge < -0.3 is 19.8 Å². The van der Waals surface area contributed by atoms with E-state index in [1.165, 1.54) is 35.2 Å². The van der Waals surface area contributed by atoms with Gasteiger partial charge in [0.25, 0.3) is 15.9 Å². The van der Waals surface area contributed by atoms with E-state index < -0.39 is 32.3 Å². The summed E-state index contributed by atoms with van der Waals surface area (Å²) in [6.45, 7) is 0.796. The Morgan fingerprint density at radius 3 is 2.69 bits per heavy atom. The third-order valence-electron chi connectivity index (χ3n) is 4.53. The Morgan fingerprint density at radius 1 is 1.31 bits per heavy atom. The highest BCUT2D eigenvalue weighted by Gasteiger charge is 2.30. The van der Waals surface area contributed by atoms with Crippen LogP contribution in [0.1, 0.15) is 16.8 Å². The van der Waals surface area contributed by atoms with Crippen LogP contribution in [0.2, 0.25) is 5.02 Å². The minimum absolute atomic E-state index is 0.0600. The molecule has 3 N–H and O–H groups in total. The topological polar surface area (TPSA) is 116 Å². The van der Waals surface area contributed by atoms with E-state index in [2.05, 4.69) is 20.7 Å². The maximum Gasteiger partial charge on any atom is 0.265 e. The number of nitrogens with zero attached hydrogens (tertiary/aromatic N) is 1. The van der Waals surface area contributed by atoms with Crippen LogP contribution in [0.25, 0.3) is 0 Å². The van der Waals surface area contributed by atoms with Crippen LogP contribution in [-0.4, -0.2) is 55.7 Å². The summed E-state index contributed by atoms with van der Waals surface area (Å²) in [5.74, 6) is -1.52. The number of ether oxygens (including phenoxy) is 1. The summed E-state index contributed by atoms with van der Waals surface area (Å²) in [6.07, 6.45) is 0.559. The first kappa shape index (κ1) is 21.7. The van der Waals surface area contributed by atoms with E-state index in [0.717, 1.165) is 0 Å². The van der Waals surface area contributed by atoms with Crippen LogP contribution < -0.4 is 4.72 Å². The molecule has 1 saturated heterocycles. The van der Waals surface area contributed by atoms with Gasteiger partial charge in [-0.1, -0.05) is 27.5 Å². The maximum atomic E-state index is 12.8. The number of phenolic OH excluding ortho intramolecular Hbond substituents is 2. The number of hydrogen-bond acceptors (Lipinski definition) is 6. The van der Waals surface area contributed by atoms with Gasteiger partial charge in [-0.25, -0.2) is 8.42 Å². The van der Waals surface area contributed by atoms with Crippen LogP contribution in [0, 0.1) is 0 Å². The zero-order valence-corrected chi connectivity index (χ0v) is 18.4. The van der Waals surface area contributed by atoms with E-state index in [1.54, 1.807) is 7.11 Å². The molecule has 156 valence electrons. The Labute approximate surface area is 181 Å². The van der Waals surface area contributed by atoms with Crippen LogP contribution in [0.5, 0.6) is 11.5 Å². The molecule has 1 aliphatic heterocycles. The summed E-state index contributed by atoms with van der Waals surface area (Å²) in [6, 6.07) is 6.35. The van der Waals surface area contributed by atoms with Gasteiger partial charge in [0.15, 0.2) is 5.75 Å². The number of amides is 1. The molecule has 0 spiro atoms. The zero-order chi connectivity index (χ0) is 21.3. The number of sulfonamides is 1. The van der Waals surface area contributed by atoms with Gasteiger partial charge in [-0.3, -0.25) is 9.52 Å². The quantitative estimate of drug-likeness (QED) is 0.538. The van der Waals surface area contributed by atoms with Gasteiger partial charge in [-0.05, 0) is 36.8 Å². The number of rotatable bonds is 5. The summed E-state index contributed by atoms with van der Waals surface area (Å²) in [5.41, 5.74) is -0.409. The third-order valence-corrected chi connectivity index (χ3v) is 6.63. The molecule has 1 fully saturated rings. The molecule has 3 rings (SSSR count). The SMILES string of the molecule is COC1CCN(C(=O)c2cc(Cl)cc(NS(=O)(=O)c3cc(Br)ccc3O)c2O)C1. The summed E-state index contributed by atoms with van der Waals surface area (Å²) in [5, 5.41) is 20.5. The number of anilines is 1. The summed E-state index contributed by atoms with van der Waals surface area (Å²) < 4.78 is 33.3. The molecule has 0 bridgehead atoms. The monoisotopic (exact) mass is 504 g/mol. The van der Waals surface area contributed by atoms with Crippen molar-refractivity contribution in [2.24, 2.45) is 0 Å². The van der Waals surface area contributed by atoms with E-state index in [0.29, 0.717) is 24.0 Å². The van der Waals surface area contributed by atoms with Crippen LogP contribution in [0.15, 0.2) is 39.7 Å². The number of halogens is 2.